The van der Waals surface area contributed by atoms with Crippen molar-refractivity contribution < 1.29 is 17.9 Å². The van der Waals surface area contributed by atoms with Crippen LogP contribution in [0.1, 0.15) is 18.4 Å². The Kier molecular flexibility index (Phi) is 3.99. The molecule has 1 aliphatic heterocycles. The van der Waals surface area contributed by atoms with E-state index in [1.54, 1.807) is 6.07 Å². The van der Waals surface area contributed by atoms with Gasteiger partial charge in [-0.1, -0.05) is 18.2 Å². The smallest absolute Gasteiger partial charge is 0.218 e. The van der Waals surface area contributed by atoms with Gasteiger partial charge in [0.1, 0.15) is 5.82 Å². The van der Waals surface area contributed by atoms with Crippen LogP contribution in [-0.2, 0) is 15.8 Å². The standard InChI is InChI=1S/C12H16FNO3S/c13-12-4-2-1-3-10(12)9-18(16,17)14-7-5-11(15)6-8-14/h1-4,11,15H,5-9H2. The fraction of sp³-hybridized carbons (Fsp3) is 0.500. The molecule has 100 valence electrons. The molecule has 1 fully saturated rings. The fourth-order valence-corrected chi connectivity index (χ4v) is 3.60. The molecule has 1 aromatic carbocycles. The van der Waals surface area contributed by atoms with Gasteiger partial charge >= 0.3 is 0 Å². The first kappa shape index (κ1) is 13.5. The lowest BCUT2D eigenvalue weighted by Gasteiger charge is -2.28. The lowest BCUT2D eigenvalue weighted by Crippen LogP contribution is -2.40. The van der Waals surface area contributed by atoms with Gasteiger partial charge < -0.3 is 5.11 Å². The molecule has 0 aliphatic carbocycles. The summed E-state index contributed by atoms with van der Waals surface area (Å²) in [6, 6.07) is 5.88. The number of rotatable bonds is 3. The van der Waals surface area contributed by atoms with Crippen LogP contribution in [0.3, 0.4) is 0 Å². The second-order valence-corrected chi connectivity index (χ2v) is 6.45. The molecule has 1 aliphatic rings. The summed E-state index contributed by atoms with van der Waals surface area (Å²) in [5.74, 6) is -0.825. The van der Waals surface area contributed by atoms with E-state index in [9.17, 15) is 17.9 Å². The van der Waals surface area contributed by atoms with E-state index in [4.69, 9.17) is 0 Å². The Labute approximate surface area is 106 Å². The third-order valence-corrected chi connectivity index (χ3v) is 4.94. The van der Waals surface area contributed by atoms with Crippen molar-refractivity contribution in [1.29, 1.82) is 0 Å². The van der Waals surface area contributed by atoms with Crippen molar-refractivity contribution in [1.82, 2.24) is 4.31 Å². The Morgan fingerprint density at radius 2 is 1.89 bits per heavy atom. The fourth-order valence-electron chi connectivity index (χ4n) is 2.02. The van der Waals surface area contributed by atoms with Gasteiger partial charge in [-0.25, -0.2) is 17.1 Å². The highest BCUT2D eigenvalue weighted by Crippen LogP contribution is 2.18. The van der Waals surface area contributed by atoms with Gasteiger partial charge in [-0.3, -0.25) is 0 Å². The maximum absolute atomic E-state index is 13.4. The summed E-state index contributed by atoms with van der Waals surface area (Å²) in [4.78, 5) is 0. The van der Waals surface area contributed by atoms with Crippen molar-refractivity contribution >= 4 is 10.0 Å². The molecule has 18 heavy (non-hydrogen) atoms. The summed E-state index contributed by atoms with van der Waals surface area (Å²) in [6.45, 7) is 0.607. The maximum atomic E-state index is 13.4. The molecule has 0 saturated carbocycles. The molecule has 2 rings (SSSR count). The number of benzene rings is 1. The van der Waals surface area contributed by atoms with Gasteiger partial charge in [0, 0.05) is 18.7 Å². The number of hydrogen-bond donors (Lipinski definition) is 1. The molecule has 0 aromatic heterocycles. The second kappa shape index (κ2) is 5.34. The van der Waals surface area contributed by atoms with Gasteiger partial charge in [-0.2, -0.15) is 0 Å². The summed E-state index contributed by atoms with van der Waals surface area (Å²) in [5.41, 5.74) is 0.184. The molecule has 0 bridgehead atoms. The molecular weight excluding hydrogens is 257 g/mol. The van der Waals surface area contributed by atoms with Crippen LogP contribution in [0.5, 0.6) is 0 Å². The number of halogens is 1. The molecule has 6 heteroatoms. The highest BCUT2D eigenvalue weighted by molar-refractivity contribution is 7.88. The summed E-state index contributed by atoms with van der Waals surface area (Å²) >= 11 is 0. The average Bonchev–Trinajstić information content (AvgIpc) is 2.32. The van der Waals surface area contributed by atoms with Gasteiger partial charge in [0.05, 0.1) is 11.9 Å². The number of aliphatic hydroxyl groups is 1. The van der Waals surface area contributed by atoms with E-state index in [0.717, 1.165) is 0 Å². The van der Waals surface area contributed by atoms with Crippen LogP contribution >= 0.6 is 0 Å². The van der Waals surface area contributed by atoms with Gasteiger partial charge in [0.25, 0.3) is 0 Å². The van der Waals surface area contributed by atoms with E-state index in [1.165, 1.54) is 22.5 Å². The molecule has 1 N–H and O–H groups in total. The van der Waals surface area contributed by atoms with E-state index in [1.807, 2.05) is 0 Å². The Hall–Kier alpha value is -0.980. The topological polar surface area (TPSA) is 57.6 Å². The van der Waals surface area contributed by atoms with Crippen LogP contribution in [0.4, 0.5) is 4.39 Å². The summed E-state index contributed by atoms with van der Waals surface area (Å²) < 4.78 is 38.9. The van der Waals surface area contributed by atoms with Crippen molar-refractivity contribution in [2.24, 2.45) is 0 Å². The molecule has 0 radical (unpaired) electrons. The largest absolute Gasteiger partial charge is 0.393 e. The molecular formula is C12H16FNO3S. The second-order valence-electron chi connectivity index (χ2n) is 4.48. The van der Waals surface area contributed by atoms with Gasteiger partial charge in [0.15, 0.2) is 0 Å². The summed E-state index contributed by atoms with van der Waals surface area (Å²) in [7, 11) is -3.50. The van der Waals surface area contributed by atoms with Crippen LogP contribution < -0.4 is 0 Å². The minimum absolute atomic E-state index is 0.184. The lowest BCUT2D eigenvalue weighted by atomic mass is 10.1. The van der Waals surface area contributed by atoms with Gasteiger partial charge in [-0.05, 0) is 18.9 Å². The Morgan fingerprint density at radius 3 is 2.50 bits per heavy atom. The highest BCUT2D eigenvalue weighted by Gasteiger charge is 2.27. The minimum atomic E-state index is -3.50. The van der Waals surface area contributed by atoms with Crippen molar-refractivity contribution in [3.8, 4) is 0 Å². The van der Waals surface area contributed by atoms with Crippen LogP contribution in [-0.4, -0.2) is 37.0 Å². The predicted molar refractivity (Wildman–Crippen MR) is 65.8 cm³/mol. The van der Waals surface area contributed by atoms with E-state index in [0.29, 0.717) is 25.9 Å². The molecule has 0 spiro atoms. The van der Waals surface area contributed by atoms with E-state index in [-0.39, 0.29) is 11.3 Å². The molecule has 0 amide bonds. The highest BCUT2D eigenvalue weighted by atomic mass is 32.2. The lowest BCUT2D eigenvalue weighted by molar-refractivity contribution is 0.113. The quantitative estimate of drug-likeness (QED) is 0.897. The number of aliphatic hydroxyl groups excluding tert-OH is 1. The van der Waals surface area contributed by atoms with Crippen LogP contribution in [0.25, 0.3) is 0 Å². The van der Waals surface area contributed by atoms with Crippen molar-refractivity contribution in [3.05, 3.63) is 35.6 Å². The first-order valence-corrected chi connectivity index (χ1v) is 7.49. The first-order chi connectivity index (χ1) is 8.49. The third-order valence-electron chi connectivity index (χ3n) is 3.11. The van der Waals surface area contributed by atoms with Gasteiger partial charge in [-0.15, -0.1) is 0 Å². The zero-order valence-electron chi connectivity index (χ0n) is 9.92. The molecule has 4 nitrogen and oxygen atoms in total. The SMILES string of the molecule is O=S(=O)(Cc1ccccc1F)N1CCC(O)CC1. The zero-order valence-corrected chi connectivity index (χ0v) is 10.7. The first-order valence-electron chi connectivity index (χ1n) is 5.88. The minimum Gasteiger partial charge on any atom is -0.393 e. The molecule has 0 unspecified atom stereocenters. The Morgan fingerprint density at radius 1 is 1.28 bits per heavy atom. The summed E-state index contributed by atoms with van der Waals surface area (Å²) in [6.07, 6.45) is 0.456. The van der Waals surface area contributed by atoms with Crippen LogP contribution in [0.2, 0.25) is 0 Å². The van der Waals surface area contributed by atoms with E-state index in [2.05, 4.69) is 0 Å². The van der Waals surface area contributed by atoms with Gasteiger partial charge in [0.2, 0.25) is 10.0 Å². The summed E-state index contributed by atoms with van der Waals surface area (Å²) in [5, 5.41) is 9.35. The van der Waals surface area contributed by atoms with Crippen molar-refractivity contribution in [2.75, 3.05) is 13.1 Å². The molecule has 0 atom stereocenters. The van der Waals surface area contributed by atoms with Crippen LogP contribution in [0.15, 0.2) is 24.3 Å². The molecule has 1 heterocycles. The maximum Gasteiger partial charge on any atom is 0.218 e. The Bertz CT molecular complexity index is 510. The number of hydrogen-bond acceptors (Lipinski definition) is 3. The predicted octanol–water partition coefficient (Wildman–Crippen LogP) is 1.11. The van der Waals surface area contributed by atoms with E-state index < -0.39 is 21.9 Å². The third kappa shape index (κ3) is 3.07. The number of nitrogens with zero attached hydrogens (tertiary/aromatic N) is 1. The zero-order chi connectivity index (χ0) is 13.2. The Balaban J connectivity index is 2.10. The van der Waals surface area contributed by atoms with Crippen molar-refractivity contribution in [3.63, 3.8) is 0 Å². The monoisotopic (exact) mass is 273 g/mol. The molecule has 1 saturated heterocycles. The molecule has 1 aromatic rings. The number of piperidine rings is 1. The van der Waals surface area contributed by atoms with Crippen LogP contribution in [0, 0.1) is 5.82 Å². The average molecular weight is 273 g/mol. The van der Waals surface area contributed by atoms with E-state index >= 15 is 0 Å². The van der Waals surface area contributed by atoms with Crippen molar-refractivity contribution in [2.45, 2.75) is 24.7 Å². The number of sulfonamides is 1. The normalized spacial score (nSPS) is 19.0.